The van der Waals surface area contributed by atoms with Crippen molar-refractivity contribution in [3.05, 3.63) is 66.8 Å². The summed E-state index contributed by atoms with van der Waals surface area (Å²) in [5.74, 6) is -0.240. The van der Waals surface area contributed by atoms with Gasteiger partial charge in [0.2, 0.25) is 0 Å². The van der Waals surface area contributed by atoms with Crippen molar-refractivity contribution in [2.24, 2.45) is 5.73 Å². The molecule has 0 aliphatic heterocycles. The molecule has 0 saturated carbocycles. The SMILES string of the molecule is NC(Cc1ccc(Br)cc1F)c1cc(Br)ccc1Br. The van der Waals surface area contributed by atoms with E-state index in [1.165, 1.54) is 6.07 Å². The van der Waals surface area contributed by atoms with E-state index in [2.05, 4.69) is 47.8 Å². The maximum absolute atomic E-state index is 13.8. The van der Waals surface area contributed by atoms with E-state index in [4.69, 9.17) is 5.73 Å². The van der Waals surface area contributed by atoms with Crippen LogP contribution in [0.1, 0.15) is 17.2 Å². The first-order valence-corrected chi connectivity index (χ1v) is 7.99. The Bertz CT molecular complexity index is 601. The van der Waals surface area contributed by atoms with Gasteiger partial charge in [-0.2, -0.15) is 0 Å². The minimum absolute atomic E-state index is 0.240. The van der Waals surface area contributed by atoms with Crippen LogP contribution in [0.3, 0.4) is 0 Å². The van der Waals surface area contributed by atoms with E-state index in [1.54, 1.807) is 6.07 Å². The second kappa shape index (κ2) is 6.48. The highest BCUT2D eigenvalue weighted by atomic mass is 79.9. The fourth-order valence-electron chi connectivity index (χ4n) is 1.83. The van der Waals surface area contributed by atoms with Gasteiger partial charge in [-0.05, 0) is 47.9 Å². The number of benzene rings is 2. The van der Waals surface area contributed by atoms with Crippen molar-refractivity contribution in [2.75, 3.05) is 0 Å². The quantitative estimate of drug-likeness (QED) is 0.668. The molecule has 2 rings (SSSR count). The molecule has 19 heavy (non-hydrogen) atoms. The third-order valence-corrected chi connectivity index (χ3v) is 4.52. The lowest BCUT2D eigenvalue weighted by molar-refractivity contribution is 0.592. The minimum Gasteiger partial charge on any atom is -0.324 e. The summed E-state index contributed by atoms with van der Waals surface area (Å²) in [6.07, 6.45) is 0.453. The number of rotatable bonds is 3. The van der Waals surface area contributed by atoms with Crippen LogP contribution in [0.2, 0.25) is 0 Å². The smallest absolute Gasteiger partial charge is 0.127 e. The second-order valence-corrected chi connectivity index (χ2v) is 6.90. The molecular formula is C14H11Br3FN. The van der Waals surface area contributed by atoms with E-state index in [9.17, 15) is 4.39 Å². The zero-order valence-electron chi connectivity index (χ0n) is 9.84. The van der Waals surface area contributed by atoms with Crippen LogP contribution >= 0.6 is 47.8 Å². The van der Waals surface area contributed by atoms with E-state index in [0.717, 1.165) is 19.0 Å². The van der Waals surface area contributed by atoms with Crippen LogP contribution in [0.15, 0.2) is 49.8 Å². The Morgan fingerprint density at radius 1 is 1.00 bits per heavy atom. The average Bonchev–Trinajstić information content (AvgIpc) is 2.35. The first-order chi connectivity index (χ1) is 8.97. The van der Waals surface area contributed by atoms with Crippen molar-refractivity contribution in [3.8, 4) is 0 Å². The van der Waals surface area contributed by atoms with Crippen molar-refractivity contribution in [3.63, 3.8) is 0 Å². The van der Waals surface area contributed by atoms with Gasteiger partial charge in [0, 0.05) is 19.5 Å². The van der Waals surface area contributed by atoms with Crippen molar-refractivity contribution in [1.29, 1.82) is 0 Å². The third-order valence-electron chi connectivity index (χ3n) is 2.81. The van der Waals surface area contributed by atoms with Crippen LogP contribution in [-0.4, -0.2) is 0 Å². The van der Waals surface area contributed by atoms with Gasteiger partial charge in [0.1, 0.15) is 5.82 Å². The molecule has 0 aliphatic carbocycles. The Morgan fingerprint density at radius 2 is 1.63 bits per heavy atom. The summed E-state index contributed by atoms with van der Waals surface area (Å²) in [5, 5.41) is 0. The molecule has 2 aromatic rings. The molecule has 0 bridgehead atoms. The van der Waals surface area contributed by atoms with Gasteiger partial charge in [0.15, 0.2) is 0 Å². The molecule has 0 saturated heterocycles. The van der Waals surface area contributed by atoms with Crippen molar-refractivity contribution >= 4 is 47.8 Å². The first kappa shape index (κ1) is 15.2. The summed E-state index contributed by atoms with van der Waals surface area (Å²) in [6, 6.07) is 10.6. The van der Waals surface area contributed by atoms with Crippen LogP contribution in [0.5, 0.6) is 0 Å². The monoisotopic (exact) mass is 449 g/mol. The molecule has 0 radical (unpaired) electrons. The topological polar surface area (TPSA) is 26.0 Å². The molecule has 0 spiro atoms. The predicted molar refractivity (Wildman–Crippen MR) is 86.6 cm³/mol. The Balaban J connectivity index is 2.25. The fraction of sp³-hybridized carbons (Fsp3) is 0.143. The maximum atomic E-state index is 13.8. The highest BCUT2D eigenvalue weighted by Crippen LogP contribution is 2.28. The molecule has 1 unspecified atom stereocenters. The highest BCUT2D eigenvalue weighted by molar-refractivity contribution is 9.11. The van der Waals surface area contributed by atoms with Crippen LogP contribution in [-0.2, 0) is 6.42 Å². The zero-order valence-corrected chi connectivity index (χ0v) is 14.6. The molecular weight excluding hydrogens is 441 g/mol. The van der Waals surface area contributed by atoms with Crippen molar-refractivity contribution < 1.29 is 4.39 Å². The number of hydrogen-bond donors (Lipinski definition) is 1. The molecule has 2 aromatic carbocycles. The van der Waals surface area contributed by atoms with Crippen molar-refractivity contribution in [1.82, 2.24) is 0 Å². The lowest BCUT2D eigenvalue weighted by atomic mass is 9.99. The summed E-state index contributed by atoms with van der Waals surface area (Å²) in [4.78, 5) is 0. The molecule has 1 nitrogen and oxygen atoms in total. The molecule has 0 fully saturated rings. The normalized spacial score (nSPS) is 12.5. The average molecular weight is 452 g/mol. The Labute approximate surface area is 136 Å². The fourth-order valence-corrected chi connectivity index (χ4v) is 3.09. The second-order valence-electron chi connectivity index (χ2n) is 4.21. The van der Waals surface area contributed by atoms with Crippen LogP contribution in [0.25, 0.3) is 0 Å². The molecule has 100 valence electrons. The number of nitrogens with two attached hydrogens (primary N) is 1. The molecule has 2 N–H and O–H groups in total. The molecule has 0 aliphatic rings. The zero-order chi connectivity index (χ0) is 14.0. The summed E-state index contributed by atoms with van der Waals surface area (Å²) < 4.78 is 16.4. The molecule has 0 aromatic heterocycles. The Morgan fingerprint density at radius 3 is 2.32 bits per heavy atom. The van der Waals surface area contributed by atoms with Gasteiger partial charge >= 0.3 is 0 Å². The highest BCUT2D eigenvalue weighted by Gasteiger charge is 2.13. The van der Waals surface area contributed by atoms with E-state index in [0.29, 0.717) is 12.0 Å². The van der Waals surface area contributed by atoms with E-state index in [1.807, 2.05) is 24.3 Å². The standard InChI is InChI=1S/C14H11Br3FN/c15-9-3-4-12(17)11(6-9)14(19)5-8-1-2-10(16)7-13(8)18/h1-4,6-7,14H,5,19H2. The molecule has 1 atom stereocenters. The number of hydrogen-bond acceptors (Lipinski definition) is 1. The van der Waals surface area contributed by atoms with Gasteiger partial charge in [0.05, 0.1) is 0 Å². The van der Waals surface area contributed by atoms with Gasteiger partial charge in [-0.25, -0.2) is 4.39 Å². The van der Waals surface area contributed by atoms with Crippen molar-refractivity contribution in [2.45, 2.75) is 12.5 Å². The predicted octanol–water partition coefficient (Wildman–Crippen LogP) is 5.36. The molecule has 0 heterocycles. The third kappa shape index (κ3) is 3.88. The van der Waals surface area contributed by atoms with Gasteiger partial charge in [-0.1, -0.05) is 53.9 Å². The lowest BCUT2D eigenvalue weighted by Crippen LogP contribution is -2.14. The van der Waals surface area contributed by atoms with Gasteiger partial charge in [0.25, 0.3) is 0 Å². The summed E-state index contributed by atoms with van der Waals surface area (Å²) in [6.45, 7) is 0. The summed E-state index contributed by atoms with van der Waals surface area (Å²) >= 11 is 10.1. The van der Waals surface area contributed by atoms with E-state index >= 15 is 0 Å². The van der Waals surface area contributed by atoms with Gasteiger partial charge in [-0.3, -0.25) is 0 Å². The Kier molecular flexibility index (Phi) is 5.17. The van der Waals surface area contributed by atoms with Crippen LogP contribution in [0, 0.1) is 5.82 Å². The molecule has 5 heteroatoms. The minimum atomic E-state index is -0.262. The van der Waals surface area contributed by atoms with Gasteiger partial charge < -0.3 is 5.73 Å². The number of halogens is 4. The van der Waals surface area contributed by atoms with E-state index < -0.39 is 0 Å². The van der Waals surface area contributed by atoms with E-state index in [-0.39, 0.29) is 11.9 Å². The summed E-state index contributed by atoms with van der Waals surface area (Å²) in [5.41, 5.74) is 7.74. The van der Waals surface area contributed by atoms with Crippen LogP contribution in [0.4, 0.5) is 4.39 Å². The first-order valence-electron chi connectivity index (χ1n) is 5.62. The summed E-state index contributed by atoms with van der Waals surface area (Å²) in [7, 11) is 0. The molecule has 0 amide bonds. The lowest BCUT2D eigenvalue weighted by Gasteiger charge is -2.15. The van der Waals surface area contributed by atoms with Gasteiger partial charge in [-0.15, -0.1) is 0 Å². The maximum Gasteiger partial charge on any atom is 0.127 e. The Hall–Kier alpha value is -0.230. The largest absolute Gasteiger partial charge is 0.324 e. The van der Waals surface area contributed by atoms with Crippen LogP contribution < -0.4 is 5.73 Å².